The number of rotatable bonds is 3. The normalized spacial score (nSPS) is 11.5. The van der Waals surface area contributed by atoms with Gasteiger partial charge in [-0.15, -0.1) is 0 Å². The third-order valence-electron chi connectivity index (χ3n) is 2.03. The summed E-state index contributed by atoms with van der Waals surface area (Å²) < 4.78 is 0. The van der Waals surface area contributed by atoms with Crippen LogP contribution >= 0.6 is 0 Å². The van der Waals surface area contributed by atoms with E-state index in [0.717, 1.165) is 0 Å². The zero-order chi connectivity index (χ0) is 11.3. The third kappa shape index (κ3) is 2.79. The van der Waals surface area contributed by atoms with Crippen LogP contribution in [0.2, 0.25) is 0 Å². The second kappa shape index (κ2) is 5.13. The number of amides is 1. The molecule has 0 fully saturated rings. The number of nitrogens with one attached hydrogen (secondary N) is 1. The number of hydrogen-bond donors (Lipinski definition) is 2. The van der Waals surface area contributed by atoms with Gasteiger partial charge in [0.05, 0.1) is 12.7 Å². The number of benzene rings is 1. The molecule has 0 aliphatic rings. The fourth-order valence-electron chi connectivity index (χ4n) is 1.08. The largest absolute Gasteiger partial charge is 0.392 e. The minimum Gasteiger partial charge on any atom is -0.392 e. The summed E-state index contributed by atoms with van der Waals surface area (Å²) in [5.74, 6) is -1.06. The number of carbonyl (C=O) groups excluding carboxylic acids is 1. The molecule has 0 spiro atoms. The summed E-state index contributed by atoms with van der Waals surface area (Å²) in [6.45, 7) is 1.38. The van der Waals surface area contributed by atoms with Crippen LogP contribution in [0.3, 0.4) is 0 Å². The maximum atomic E-state index is 11.4. The average molecular weight is 204 g/mol. The molecule has 1 aromatic rings. The number of anilines is 1. The van der Waals surface area contributed by atoms with Crippen LogP contribution in [0, 0.1) is 17.2 Å². The maximum Gasteiger partial charge on any atom is 0.241 e. The SMILES string of the molecule is CC(C#N)C(=O)Nc1ccccc1CO. The highest BCUT2D eigenvalue weighted by molar-refractivity contribution is 5.94. The van der Waals surface area contributed by atoms with Crippen molar-refractivity contribution in [2.45, 2.75) is 13.5 Å². The second-order valence-electron chi connectivity index (χ2n) is 3.16. The predicted octanol–water partition coefficient (Wildman–Crippen LogP) is 1.28. The molecular weight excluding hydrogens is 192 g/mol. The number of aliphatic hydroxyl groups is 1. The lowest BCUT2D eigenvalue weighted by molar-refractivity contribution is -0.117. The minimum atomic E-state index is -0.697. The standard InChI is InChI=1S/C11H12N2O2/c1-8(6-12)11(15)13-10-5-3-2-4-9(10)7-14/h2-5,8,14H,7H2,1H3,(H,13,15). The molecule has 1 rings (SSSR count). The first-order valence-corrected chi connectivity index (χ1v) is 4.58. The molecule has 0 radical (unpaired) electrons. The molecule has 0 aliphatic heterocycles. The molecule has 1 amide bonds. The van der Waals surface area contributed by atoms with Crippen LogP contribution in [-0.2, 0) is 11.4 Å². The molecule has 2 N–H and O–H groups in total. The molecule has 15 heavy (non-hydrogen) atoms. The monoisotopic (exact) mass is 204 g/mol. The van der Waals surface area contributed by atoms with Gasteiger partial charge in [0.25, 0.3) is 0 Å². The van der Waals surface area contributed by atoms with Gasteiger partial charge in [-0.3, -0.25) is 4.79 Å². The molecule has 0 saturated carbocycles. The van der Waals surface area contributed by atoms with Crippen molar-refractivity contribution in [2.75, 3.05) is 5.32 Å². The molecule has 78 valence electrons. The minimum absolute atomic E-state index is 0.141. The number of aliphatic hydroxyl groups excluding tert-OH is 1. The highest BCUT2D eigenvalue weighted by Gasteiger charge is 2.12. The molecule has 4 nitrogen and oxygen atoms in total. The van der Waals surface area contributed by atoms with Crippen LogP contribution in [0.5, 0.6) is 0 Å². The Labute approximate surface area is 88.2 Å². The average Bonchev–Trinajstić information content (AvgIpc) is 2.28. The molecule has 0 heterocycles. The first-order chi connectivity index (χ1) is 7.19. The number of nitriles is 1. The van der Waals surface area contributed by atoms with Crippen molar-refractivity contribution < 1.29 is 9.90 Å². The van der Waals surface area contributed by atoms with Gasteiger partial charge < -0.3 is 10.4 Å². The highest BCUT2D eigenvalue weighted by atomic mass is 16.3. The molecule has 4 heteroatoms. The quantitative estimate of drug-likeness (QED) is 0.778. The highest BCUT2D eigenvalue weighted by Crippen LogP contribution is 2.15. The Morgan fingerprint density at radius 1 is 1.60 bits per heavy atom. The van der Waals surface area contributed by atoms with Gasteiger partial charge in [-0.05, 0) is 13.0 Å². The molecule has 1 aromatic carbocycles. The molecule has 0 saturated heterocycles. The van der Waals surface area contributed by atoms with Gasteiger partial charge in [0.2, 0.25) is 5.91 Å². The second-order valence-corrected chi connectivity index (χ2v) is 3.16. The maximum absolute atomic E-state index is 11.4. The van der Waals surface area contributed by atoms with Gasteiger partial charge >= 0.3 is 0 Å². The van der Waals surface area contributed by atoms with Gasteiger partial charge in [0.1, 0.15) is 5.92 Å². The number of nitrogens with zero attached hydrogens (tertiary/aromatic N) is 1. The molecule has 0 bridgehead atoms. The Morgan fingerprint density at radius 3 is 2.87 bits per heavy atom. The van der Waals surface area contributed by atoms with E-state index in [2.05, 4.69) is 5.32 Å². The van der Waals surface area contributed by atoms with Crippen molar-refractivity contribution >= 4 is 11.6 Å². The molecule has 1 atom stereocenters. The van der Waals surface area contributed by atoms with Gasteiger partial charge in [-0.2, -0.15) is 5.26 Å². The van der Waals surface area contributed by atoms with Gasteiger partial charge in [-0.25, -0.2) is 0 Å². The fourth-order valence-corrected chi connectivity index (χ4v) is 1.08. The van der Waals surface area contributed by atoms with Crippen molar-refractivity contribution in [1.29, 1.82) is 5.26 Å². The lowest BCUT2D eigenvalue weighted by Gasteiger charge is -2.09. The van der Waals surface area contributed by atoms with Crippen molar-refractivity contribution in [3.63, 3.8) is 0 Å². The summed E-state index contributed by atoms with van der Waals surface area (Å²) in [7, 11) is 0. The van der Waals surface area contributed by atoms with Crippen LogP contribution in [0.1, 0.15) is 12.5 Å². The van der Waals surface area contributed by atoms with E-state index in [1.807, 2.05) is 6.07 Å². The lowest BCUT2D eigenvalue weighted by atomic mass is 10.1. The van der Waals surface area contributed by atoms with E-state index in [4.69, 9.17) is 10.4 Å². The van der Waals surface area contributed by atoms with Crippen LogP contribution in [0.15, 0.2) is 24.3 Å². The Hall–Kier alpha value is -1.86. The van der Waals surface area contributed by atoms with E-state index >= 15 is 0 Å². The summed E-state index contributed by atoms with van der Waals surface area (Å²) in [5.41, 5.74) is 1.18. The van der Waals surface area contributed by atoms with Crippen molar-refractivity contribution in [3.05, 3.63) is 29.8 Å². The zero-order valence-corrected chi connectivity index (χ0v) is 8.40. The van der Waals surface area contributed by atoms with E-state index < -0.39 is 5.92 Å². The van der Waals surface area contributed by atoms with E-state index in [9.17, 15) is 4.79 Å². The number of hydrogen-bond acceptors (Lipinski definition) is 3. The Kier molecular flexibility index (Phi) is 3.83. The summed E-state index contributed by atoms with van der Waals surface area (Å²) in [4.78, 5) is 11.4. The van der Waals surface area contributed by atoms with E-state index in [1.54, 1.807) is 24.3 Å². The first kappa shape index (κ1) is 11.2. The predicted molar refractivity (Wildman–Crippen MR) is 55.8 cm³/mol. The summed E-state index contributed by atoms with van der Waals surface area (Å²) in [6, 6.07) is 8.78. The van der Waals surface area contributed by atoms with E-state index in [1.165, 1.54) is 6.92 Å². The zero-order valence-electron chi connectivity index (χ0n) is 8.40. The summed E-state index contributed by atoms with van der Waals surface area (Å²) in [6.07, 6.45) is 0. The van der Waals surface area contributed by atoms with Crippen molar-refractivity contribution in [3.8, 4) is 6.07 Å². The summed E-state index contributed by atoms with van der Waals surface area (Å²) in [5, 5.41) is 20.2. The van der Waals surface area contributed by atoms with Crippen LogP contribution in [-0.4, -0.2) is 11.0 Å². The number of para-hydroxylation sites is 1. The van der Waals surface area contributed by atoms with Crippen LogP contribution in [0.25, 0.3) is 0 Å². The van der Waals surface area contributed by atoms with Crippen molar-refractivity contribution in [1.82, 2.24) is 0 Å². The Morgan fingerprint density at radius 2 is 2.27 bits per heavy atom. The van der Waals surface area contributed by atoms with E-state index in [0.29, 0.717) is 11.3 Å². The molecule has 0 aliphatic carbocycles. The van der Waals surface area contributed by atoms with Crippen LogP contribution < -0.4 is 5.32 Å². The van der Waals surface area contributed by atoms with Crippen LogP contribution in [0.4, 0.5) is 5.69 Å². The Bertz CT molecular complexity index is 396. The topological polar surface area (TPSA) is 73.1 Å². The molecule has 0 aromatic heterocycles. The van der Waals surface area contributed by atoms with E-state index in [-0.39, 0.29) is 12.5 Å². The Balaban J connectivity index is 2.81. The smallest absolute Gasteiger partial charge is 0.241 e. The fraction of sp³-hybridized carbons (Fsp3) is 0.273. The van der Waals surface area contributed by atoms with Crippen molar-refractivity contribution in [2.24, 2.45) is 5.92 Å². The van der Waals surface area contributed by atoms with Gasteiger partial charge in [0, 0.05) is 11.3 Å². The lowest BCUT2D eigenvalue weighted by Crippen LogP contribution is -2.19. The van der Waals surface area contributed by atoms with Gasteiger partial charge in [0.15, 0.2) is 0 Å². The number of carbonyl (C=O) groups is 1. The third-order valence-corrected chi connectivity index (χ3v) is 2.03. The van der Waals surface area contributed by atoms with Gasteiger partial charge in [-0.1, -0.05) is 18.2 Å². The first-order valence-electron chi connectivity index (χ1n) is 4.58. The molecule has 1 unspecified atom stereocenters. The summed E-state index contributed by atoms with van der Waals surface area (Å²) >= 11 is 0. The molecular formula is C11H12N2O2.